The van der Waals surface area contributed by atoms with Crippen molar-refractivity contribution in [3.8, 4) is 11.5 Å². The molecule has 0 bridgehead atoms. The maximum absolute atomic E-state index is 9.93. The lowest BCUT2D eigenvalue weighted by Gasteiger charge is -2.14. The average molecular weight is 425 g/mol. The largest absolute Gasteiger partial charge is 0.507 e. The van der Waals surface area contributed by atoms with Crippen LogP contribution in [-0.4, -0.2) is 20.2 Å². The van der Waals surface area contributed by atoms with Crippen molar-refractivity contribution in [2.75, 3.05) is 0 Å². The van der Waals surface area contributed by atoms with E-state index in [0.717, 1.165) is 22.3 Å². The van der Waals surface area contributed by atoms with Gasteiger partial charge in [0.1, 0.15) is 11.5 Å². The maximum Gasteiger partial charge on any atom is 0.122 e. The highest BCUT2D eigenvalue weighted by molar-refractivity contribution is 5.44. The Balaban J connectivity index is 0.000000254. The van der Waals surface area contributed by atoms with Gasteiger partial charge < -0.3 is 15.2 Å². The number of imidazole rings is 1. The molecule has 170 valence electrons. The van der Waals surface area contributed by atoms with Gasteiger partial charge in [0.05, 0.1) is 6.33 Å². The number of H-pyrrole nitrogens is 1. The molecule has 3 aromatic rings. The van der Waals surface area contributed by atoms with E-state index in [2.05, 4.69) is 65.4 Å². The van der Waals surface area contributed by atoms with Gasteiger partial charge in [0.2, 0.25) is 0 Å². The van der Waals surface area contributed by atoms with E-state index in [4.69, 9.17) is 0 Å². The molecule has 0 fully saturated rings. The molecular weight excluding hydrogens is 384 g/mol. The third-order valence-electron chi connectivity index (χ3n) is 5.09. The Morgan fingerprint density at radius 3 is 1.10 bits per heavy atom. The van der Waals surface area contributed by atoms with E-state index in [9.17, 15) is 10.2 Å². The minimum Gasteiger partial charge on any atom is -0.507 e. The highest BCUT2D eigenvalue weighted by atomic mass is 16.3. The zero-order chi connectivity index (χ0) is 23.6. The van der Waals surface area contributed by atoms with Gasteiger partial charge in [-0.15, -0.1) is 0 Å². The van der Waals surface area contributed by atoms with Crippen molar-refractivity contribution in [2.24, 2.45) is 0 Å². The van der Waals surface area contributed by atoms with Crippen LogP contribution in [0.2, 0.25) is 0 Å². The van der Waals surface area contributed by atoms with Crippen molar-refractivity contribution in [1.29, 1.82) is 0 Å². The standard InChI is InChI=1S/2C12H18O.C3H4N2/c2*1-8(2)10-6-5-7-11(9(3)4)12(10)13;1-2-5-3-4-1/h2*5-9,13H,1-4H3;1-3H,(H,4,5). The van der Waals surface area contributed by atoms with Gasteiger partial charge >= 0.3 is 0 Å². The fourth-order valence-corrected chi connectivity index (χ4v) is 3.24. The van der Waals surface area contributed by atoms with Crippen LogP contribution >= 0.6 is 0 Å². The number of hydrogen-bond acceptors (Lipinski definition) is 3. The van der Waals surface area contributed by atoms with Crippen molar-refractivity contribution in [3.63, 3.8) is 0 Å². The van der Waals surface area contributed by atoms with Crippen LogP contribution in [0.15, 0.2) is 55.1 Å². The Bertz CT molecular complexity index is 751. The number of hydrogen-bond donors (Lipinski definition) is 3. The number of aromatic nitrogens is 2. The second-order valence-corrected chi connectivity index (χ2v) is 8.95. The number of nitrogens with one attached hydrogen (secondary N) is 1. The summed E-state index contributed by atoms with van der Waals surface area (Å²) in [5.41, 5.74) is 4.19. The topological polar surface area (TPSA) is 69.1 Å². The number of nitrogens with zero attached hydrogens (tertiary/aromatic N) is 1. The van der Waals surface area contributed by atoms with E-state index < -0.39 is 0 Å². The molecule has 0 unspecified atom stereocenters. The molecular formula is C27H40N2O2. The van der Waals surface area contributed by atoms with Gasteiger partial charge in [-0.1, -0.05) is 91.8 Å². The normalized spacial score (nSPS) is 10.7. The number of rotatable bonds is 4. The molecule has 1 aromatic heterocycles. The van der Waals surface area contributed by atoms with Crippen molar-refractivity contribution in [2.45, 2.75) is 79.1 Å². The molecule has 31 heavy (non-hydrogen) atoms. The lowest BCUT2D eigenvalue weighted by atomic mass is 9.94. The molecule has 0 radical (unpaired) electrons. The third kappa shape index (κ3) is 8.12. The predicted molar refractivity (Wildman–Crippen MR) is 131 cm³/mol. The first-order valence-corrected chi connectivity index (χ1v) is 11.1. The Hall–Kier alpha value is -2.75. The molecule has 2 aromatic carbocycles. The van der Waals surface area contributed by atoms with Crippen molar-refractivity contribution >= 4 is 0 Å². The first-order valence-electron chi connectivity index (χ1n) is 11.1. The summed E-state index contributed by atoms with van der Waals surface area (Å²) in [7, 11) is 0. The summed E-state index contributed by atoms with van der Waals surface area (Å²) < 4.78 is 0. The van der Waals surface area contributed by atoms with E-state index in [0.29, 0.717) is 35.2 Å². The van der Waals surface area contributed by atoms with Crippen LogP contribution in [0.5, 0.6) is 11.5 Å². The molecule has 4 nitrogen and oxygen atoms in total. The molecule has 0 saturated carbocycles. The van der Waals surface area contributed by atoms with Crippen molar-refractivity contribution in [1.82, 2.24) is 9.97 Å². The van der Waals surface area contributed by atoms with E-state index in [-0.39, 0.29) is 0 Å². The first-order chi connectivity index (χ1) is 14.6. The maximum atomic E-state index is 9.93. The number of aromatic amines is 1. The summed E-state index contributed by atoms with van der Waals surface area (Å²) in [6.45, 7) is 16.8. The molecule has 0 atom stereocenters. The second kappa shape index (κ2) is 12.8. The second-order valence-electron chi connectivity index (χ2n) is 8.95. The van der Waals surface area contributed by atoms with Gasteiger partial charge in [0.25, 0.3) is 0 Å². The minimum absolute atomic E-state index is 0.388. The van der Waals surface area contributed by atoms with Crippen LogP contribution in [-0.2, 0) is 0 Å². The molecule has 0 aliphatic carbocycles. The summed E-state index contributed by atoms with van der Waals surface area (Å²) in [4.78, 5) is 6.42. The molecule has 1 heterocycles. The number of phenolic OH excluding ortho intramolecular Hbond substituents is 2. The van der Waals surface area contributed by atoms with Gasteiger partial charge in [-0.2, -0.15) is 0 Å². The lowest BCUT2D eigenvalue weighted by Crippen LogP contribution is -1.94. The van der Waals surface area contributed by atoms with Crippen LogP contribution in [0.4, 0.5) is 0 Å². The number of aromatic hydroxyl groups is 2. The Kier molecular flexibility index (Phi) is 10.9. The third-order valence-corrected chi connectivity index (χ3v) is 5.09. The Labute approximate surface area is 188 Å². The zero-order valence-electron chi connectivity index (χ0n) is 20.3. The van der Waals surface area contributed by atoms with E-state index in [1.807, 2.05) is 36.4 Å². The smallest absolute Gasteiger partial charge is 0.122 e. The van der Waals surface area contributed by atoms with Gasteiger partial charge in [-0.25, -0.2) is 4.98 Å². The monoisotopic (exact) mass is 424 g/mol. The molecule has 0 aliphatic heterocycles. The fraction of sp³-hybridized carbons (Fsp3) is 0.444. The number of para-hydroxylation sites is 2. The molecule has 0 amide bonds. The quantitative estimate of drug-likeness (QED) is 0.402. The lowest BCUT2D eigenvalue weighted by molar-refractivity contribution is 0.454. The molecule has 4 heteroatoms. The number of phenols is 2. The van der Waals surface area contributed by atoms with Gasteiger partial charge in [0, 0.05) is 12.4 Å². The van der Waals surface area contributed by atoms with Crippen LogP contribution in [0.25, 0.3) is 0 Å². The molecule has 3 N–H and O–H groups in total. The van der Waals surface area contributed by atoms with Gasteiger partial charge in [-0.05, 0) is 45.9 Å². The SMILES string of the molecule is CC(C)c1cccc(C(C)C)c1O.CC(C)c1cccc(C(C)C)c1O.c1c[nH]cn1. The first kappa shape index (κ1) is 26.3. The van der Waals surface area contributed by atoms with Crippen LogP contribution in [0.1, 0.15) is 101 Å². The molecule has 0 spiro atoms. The molecule has 0 aliphatic rings. The van der Waals surface area contributed by atoms with E-state index in [1.165, 1.54) is 0 Å². The predicted octanol–water partition coefficient (Wildman–Crippen LogP) is 7.69. The zero-order valence-corrected chi connectivity index (χ0v) is 20.3. The summed E-state index contributed by atoms with van der Waals surface area (Å²) in [5.74, 6) is 2.51. The minimum atomic E-state index is 0.388. The average Bonchev–Trinajstić information content (AvgIpc) is 3.28. The summed E-state index contributed by atoms with van der Waals surface area (Å²) in [6.07, 6.45) is 5.08. The van der Waals surface area contributed by atoms with Crippen molar-refractivity contribution < 1.29 is 10.2 Å². The van der Waals surface area contributed by atoms with E-state index >= 15 is 0 Å². The highest BCUT2D eigenvalue weighted by Gasteiger charge is 2.12. The highest BCUT2D eigenvalue weighted by Crippen LogP contribution is 2.33. The Morgan fingerprint density at radius 2 is 0.935 bits per heavy atom. The molecule has 3 rings (SSSR count). The number of benzene rings is 2. The summed E-state index contributed by atoms with van der Waals surface area (Å²) >= 11 is 0. The summed E-state index contributed by atoms with van der Waals surface area (Å²) in [5, 5.41) is 19.9. The van der Waals surface area contributed by atoms with Crippen molar-refractivity contribution in [3.05, 3.63) is 77.4 Å². The van der Waals surface area contributed by atoms with Crippen LogP contribution < -0.4 is 0 Å². The van der Waals surface area contributed by atoms with Gasteiger partial charge in [0.15, 0.2) is 0 Å². The van der Waals surface area contributed by atoms with Crippen LogP contribution in [0.3, 0.4) is 0 Å². The van der Waals surface area contributed by atoms with E-state index in [1.54, 1.807) is 18.7 Å². The Morgan fingerprint density at radius 1 is 0.613 bits per heavy atom. The fourth-order valence-electron chi connectivity index (χ4n) is 3.24. The van der Waals surface area contributed by atoms with Crippen LogP contribution in [0, 0.1) is 0 Å². The molecule has 0 saturated heterocycles. The van der Waals surface area contributed by atoms with Gasteiger partial charge in [-0.3, -0.25) is 0 Å². The summed E-state index contributed by atoms with van der Waals surface area (Å²) in [6, 6.07) is 12.0.